The van der Waals surface area contributed by atoms with E-state index in [1.165, 1.54) is 5.56 Å². The smallest absolute Gasteiger partial charge is 0.0570 e. The molecule has 2 rings (SSSR count). The van der Waals surface area contributed by atoms with Gasteiger partial charge in [0.15, 0.2) is 0 Å². The topological polar surface area (TPSA) is 42.7 Å². The maximum absolute atomic E-state index is 4.35. The summed E-state index contributed by atoms with van der Waals surface area (Å²) in [5, 5.41) is 7.69. The molecule has 2 aromatic heterocycles. The number of hydrogen-bond acceptors (Lipinski definition) is 3. The molecule has 1 unspecified atom stereocenters. The van der Waals surface area contributed by atoms with Gasteiger partial charge in [-0.15, -0.1) is 0 Å². The molecular weight excluding hydrogens is 212 g/mol. The first kappa shape index (κ1) is 11.8. The maximum Gasteiger partial charge on any atom is 0.0570 e. The highest BCUT2D eigenvalue weighted by atomic mass is 15.2. The van der Waals surface area contributed by atoms with Crippen LogP contribution >= 0.6 is 0 Å². The SMILES string of the molecule is CC(N[C@H](C)c1ccccn1)c1cnn(C)c1. The van der Waals surface area contributed by atoms with Crippen LogP contribution in [0.15, 0.2) is 36.8 Å². The molecule has 0 bridgehead atoms. The van der Waals surface area contributed by atoms with E-state index in [1.807, 2.05) is 48.5 Å². The van der Waals surface area contributed by atoms with E-state index in [0.717, 1.165) is 5.69 Å². The van der Waals surface area contributed by atoms with Crippen molar-refractivity contribution in [1.29, 1.82) is 0 Å². The molecule has 1 N–H and O–H groups in total. The Hall–Kier alpha value is -1.68. The Bertz CT molecular complexity index is 463. The molecule has 2 atom stereocenters. The zero-order valence-corrected chi connectivity index (χ0v) is 10.5. The van der Waals surface area contributed by atoms with E-state index >= 15 is 0 Å². The number of aromatic nitrogens is 3. The highest BCUT2D eigenvalue weighted by molar-refractivity contribution is 5.12. The number of nitrogens with zero attached hydrogens (tertiary/aromatic N) is 3. The van der Waals surface area contributed by atoms with Crippen LogP contribution in [0.4, 0.5) is 0 Å². The van der Waals surface area contributed by atoms with Crippen LogP contribution in [-0.2, 0) is 7.05 Å². The zero-order chi connectivity index (χ0) is 12.3. The molecule has 0 aliphatic rings. The Morgan fingerprint density at radius 2 is 2.06 bits per heavy atom. The molecule has 0 aliphatic carbocycles. The summed E-state index contributed by atoms with van der Waals surface area (Å²) in [5.74, 6) is 0. The Labute approximate surface area is 102 Å². The normalized spacial score (nSPS) is 14.5. The van der Waals surface area contributed by atoms with Crippen LogP contribution in [0.1, 0.15) is 37.2 Å². The molecule has 2 heterocycles. The lowest BCUT2D eigenvalue weighted by Gasteiger charge is -2.18. The van der Waals surface area contributed by atoms with Crippen LogP contribution in [0.2, 0.25) is 0 Å². The van der Waals surface area contributed by atoms with Crippen molar-refractivity contribution in [2.45, 2.75) is 25.9 Å². The second-order valence-electron chi connectivity index (χ2n) is 4.31. The second kappa shape index (κ2) is 5.10. The molecular formula is C13H18N4. The third-order valence-electron chi connectivity index (χ3n) is 2.86. The van der Waals surface area contributed by atoms with Gasteiger partial charge in [-0.05, 0) is 26.0 Å². The Morgan fingerprint density at radius 3 is 2.65 bits per heavy atom. The average molecular weight is 230 g/mol. The fraction of sp³-hybridized carbons (Fsp3) is 0.385. The van der Waals surface area contributed by atoms with Gasteiger partial charge in [-0.2, -0.15) is 5.10 Å². The van der Waals surface area contributed by atoms with Gasteiger partial charge in [0.05, 0.1) is 11.9 Å². The zero-order valence-electron chi connectivity index (χ0n) is 10.5. The molecule has 90 valence electrons. The number of rotatable bonds is 4. The lowest BCUT2D eigenvalue weighted by atomic mass is 10.1. The van der Waals surface area contributed by atoms with Crippen LogP contribution in [-0.4, -0.2) is 14.8 Å². The number of hydrogen-bond donors (Lipinski definition) is 1. The van der Waals surface area contributed by atoms with Gasteiger partial charge in [-0.1, -0.05) is 6.07 Å². The summed E-state index contributed by atoms with van der Waals surface area (Å²) < 4.78 is 1.82. The van der Waals surface area contributed by atoms with Crippen molar-refractivity contribution < 1.29 is 0 Å². The molecule has 0 radical (unpaired) electrons. The van der Waals surface area contributed by atoms with Crippen molar-refractivity contribution >= 4 is 0 Å². The number of nitrogens with one attached hydrogen (secondary N) is 1. The van der Waals surface area contributed by atoms with Gasteiger partial charge < -0.3 is 5.32 Å². The fourth-order valence-electron chi connectivity index (χ4n) is 1.85. The van der Waals surface area contributed by atoms with Crippen LogP contribution in [0, 0.1) is 0 Å². The molecule has 0 saturated heterocycles. The summed E-state index contributed by atoms with van der Waals surface area (Å²) >= 11 is 0. The molecule has 17 heavy (non-hydrogen) atoms. The largest absolute Gasteiger partial charge is 0.302 e. The summed E-state index contributed by atoms with van der Waals surface area (Å²) in [7, 11) is 1.93. The standard InChI is InChI=1S/C13H18N4/c1-10(12-8-15-17(3)9-12)16-11(2)13-6-4-5-7-14-13/h4-11,16H,1-3H3/t10?,11-/m1/s1. The molecule has 0 fully saturated rings. The minimum Gasteiger partial charge on any atom is -0.302 e. The van der Waals surface area contributed by atoms with Crippen LogP contribution in [0.5, 0.6) is 0 Å². The molecule has 0 spiro atoms. The van der Waals surface area contributed by atoms with E-state index < -0.39 is 0 Å². The predicted molar refractivity (Wildman–Crippen MR) is 67.4 cm³/mol. The van der Waals surface area contributed by atoms with Gasteiger partial charge in [0.1, 0.15) is 0 Å². The highest BCUT2D eigenvalue weighted by Crippen LogP contribution is 2.17. The van der Waals surface area contributed by atoms with Crippen molar-refractivity contribution in [3.8, 4) is 0 Å². The summed E-state index contributed by atoms with van der Waals surface area (Å²) in [6, 6.07) is 6.47. The van der Waals surface area contributed by atoms with Crippen molar-refractivity contribution in [3.63, 3.8) is 0 Å². The minimum absolute atomic E-state index is 0.228. The second-order valence-corrected chi connectivity index (χ2v) is 4.31. The quantitative estimate of drug-likeness (QED) is 0.875. The molecule has 0 aliphatic heterocycles. The Kier molecular flexibility index (Phi) is 3.54. The van der Waals surface area contributed by atoms with Crippen LogP contribution in [0.25, 0.3) is 0 Å². The van der Waals surface area contributed by atoms with Crippen molar-refractivity contribution in [1.82, 2.24) is 20.1 Å². The van der Waals surface area contributed by atoms with Gasteiger partial charge >= 0.3 is 0 Å². The van der Waals surface area contributed by atoms with Crippen molar-refractivity contribution in [3.05, 3.63) is 48.0 Å². The number of pyridine rings is 1. The molecule has 0 aromatic carbocycles. The van der Waals surface area contributed by atoms with Gasteiger partial charge in [0, 0.05) is 37.1 Å². The van der Waals surface area contributed by atoms with Crippen molar-refractivity contribution in [2.75, 3.05) is 0 Å². The first-order valence-electron chi connectivity index (χ1n) is 5.82. The third-order valence-corrected chi connectivity index (χ3v) is 2.86. The monoisotopic (exact) mass is 230 g/mol. The lowest BCUT2D eigenvalue weighted by Crippen LogP contribution is -2.22. The molecule has 4 nitrogen and oxygen atoms in total. The minimum atomic E-state index is 0.228. The number of aryl methyl sites for hydroxylation is 1. The molecule has 0 saturated carbocycles. The van der Waals surface area contributed by atoms with E-state index in [0.29, 0.717) is 0 Å². The predicted octanol–water partition coefficient (Wildman–Crippen LogP) is 2.23. The summed E-state index contributed by atoms with van der Waals surface area (Å²) in [4.78, 5) is 4.35. The fourth-order valence-corrected chi connectivity index (χ4v) is 1.85. The molecule has 4 heteroatoms. The van der Waals surface area contributed by atoms with Gasteiger partial charge in [-0.25, -0.2) is 0 Å². The van der Waals surface area contributed by atoms with Gasteiger partial charge in [-0.3, -0.25) is 9.67 Å². The summed E-state index contributed by atoms with van der Waals surface area (Å²) in [6.07, 6.45) is 5.74. The highest BCUT2D eigenvalue weighted by Gasteiger charge is 2.12. The third kappa shape index (κ3) is 2.91. The Morgan fingerprint density at radius 1 is 1.24 bits per heavy atom. The summed E-state index contributed by atoms with van der Waals surface area (Å²) in [5.41, 5.74) is 2.25. The van der Waals surface area contributed by atoms with E-state index in [1.54, 1.807) is 0 Å². The molecule has 0 amide bonds. The van der Waals surface area contributed by atoms with Crippen molar-refractivity contribution in [2.24, 2.45) is 7.05 Å². The van der Waals surface area contributed by atoms with Gasteiger partial charge in [0.25, 0.3) is 0 Å². The average Bonchev–Trinajstić information content (AvgIpc) is 2.77. The van der Waals surface area contributed by atoms with E-state index in [9.17, 15) is 0 Å². The van der Waals surface area contributed by atoms with E-state index in [2.05, 4.69) is 29.2 Å². The lowest BCUT2D eigenvalue weighted by molar-refractivity contribution is 0.486. The Balaban J connectivity index is 2.02. The molecule has 2 aromatic rings. The van der Waals surface area contributed by atoms with E-state index in [4.69, 9.17) is 0 Å². The van der Waals surface area contributed by atoms with Crippen LogP contribution < -0.4 is 5.32 Å². The maximum atomic E-state index is 4.35. The van der Waals surface area contributed by atoms with Crippen LogP contribution in [0.3, 0.4) is 0 Å². The van der Waals surface area contributed by atoms with Gasteiger partial charge in [0.2, 0.25) is 0 Å². The first-order chi connectivity index (χ1) is 8.16. The summed E-state index contributed by atoms with van der Waals surface area (Å²) in [6.45, 7) is 4.26. The van der Waals surface area contributed by atoms with E-state index in [-0.39, 0.29) is 12.1 Å². The first-order valence-corrected chi connectivity index (χ1v) is 5.82.